The second-order valence-electron chi connectivity index (χ2n) is 10.1. The summed E-state index contributed by atoms with van der Waals surface area (Å²) >= 11 is 0. The summed E-state index contributed by atoms with van der Waals surface area (Å²) in [5.74, 6) is 0.662. The first-order chi connectivity index (χ1) is 16.3. The summed E-state index contributed by atoms with van der Waals surface area (Å²) in [5.41, 5.74) is 5.99. The van der Waals surface area contributed by atoms with Gasteiger partial charge in [0, 0.05) is 18.7 Å². The largest absolute Gasteiger partial charge is 0.482 e. The number of anilines is 1. The molecule has 5 nitrogen and oxygen atoms in total. The minimum atomic E-state index is -0.0806. The third-order valence-electron chi connectivity index (χ3n) is 6.70. The van der Waals surface area contributed by atoms with E-state index >= 15 is 0 Å². The maximum atomic E-state index is 13.3. The monoisotopic (exact) mass is 454 g/mol. The van der Waals surface area contributed by atoms with Gasteiger partial charge in [-0.3, -0.25) is 9.59 Å². The van der Waals surface area contributed by atoms with Crippen LogP contribution in [0.3, 0.4) is 0 Å². The molecule has 0 aliphatic carbocycles. The standard InChI is InChI=1S/C29H30N2O3/c1-29(2,3)24-11-12-26-25(16-24)31(27(32)19-34-26)17-20-7-6-10-22(15-20)28(33)30-14-13-21-8-4-5-9-23(21)18-30/h4-12,15-16H,13-14,17-19H2,1-3H3. The molecule has 0 fully saturated rings. The molecule has 174 valence electrons. The van der Waals surface area contributed by atoms with Crippen LogP contribution in [0.2, 0.25) is 0 Å². The molecule has 0 radical (unpaired) electrons. The Morgan fingerprint density at radius 3 is 2.56 bits per heavy atom. The van der Waals surface area contributed by atoms with Crippen molar-refractivity contribution in [2.24, 2.45) is 0 Å². The van der Waals surface area contributed by atoms with Crippen LogP contribution in [0.4, 0.5) is 5.69 Å². The molecule has 3 aromatic rings. The van der Waals surface area contributed by atoms with Gasteiger partial charge in [0.15, 0.2) is 6.61 Å². The number of hydrogen-bond donors (Lipinski definition) is 0. The van der Waals surface area contributed by atoms with Crippen molar-refractivity contribution in [3.8, 4) is 5.75 Å². The van der Waals surface area contributed by atoms with E-state index in [1.54, 1.807) is 4.90 Å². The number of fused-ring (bicyclic) bond motifs is 2. The fraction of sp³-hybridized carbons (Fsp3) is 0.310. The lowest BCUT2D eigenvalue weighted by molar-refractivity contribution is -0.121. The molecule has 0 N–H and O–H groups in total. The fourth-order valence-electron chi connectivity index (χ4n) is 4.68. The molecule has 5 heteroatoms. The molecule has 0 bridgehead atoms. The Balaban J connectivity index is 1.39. The van der Waals surface area contributed by atoms with Gasteiger partial charge in [-0.25, -0.2) is 0 Å². The van der Waals surface area contributed by atoms with E-state index in [2.05, 4.69) is 45.0 Å². The van der Waals surface area contributed by atoms with Crippen LogP contribution in [0.1, 0.15) is 53.4 Å². The maximum absolute atomic E-state index is 13.3. The number of benzene rings is 3. The summed E-state index contributed by atoms with van der Waals surface area (Å²) < 4.78 is 5.69. The molecule has 0 aromatic heterocycles. The molecule has 2 amide bonds. The van der Waals surface area contributed by atoms with Gasteiger partial charge in [0.2, 0.25) is 0 Å². The molecule has 5 rings (SSSR count). The van der Waals surface area contributed by atoms with E-state index < -0.39 is 0 Å². The SMILES string of the molecule is CC(C)(C)c1ccc2c(c1)N(Cc1cccc(C(=O)N3CCc4ccccc4C3)c1)C(=O)CO2. The van der Waals surface area contributed by atoms with Gasteiger partial charge in [-0.1, -0.05) is 63.2 Å². The zero-order chi connectivity index (χ0) is 23.9. The quantitative estimate of drug-likeness (QED) is 0.553. The Morgan fingerprint density at radius 1 is 0.971 bits per heavy atom. The smallest absolute Gasteiger partial charge is 0.265 e. The molecular weight excluding hydrogens is 424 g/mol. The summed E-state index contributed by atoms with van der Waals surface area (Å²) in [6, 6.07) is 22.0. The lowest BCUT2D eigenvalue weighted by Crippen LogP contribution is -2.38. The maximum Gasteiger partial charge on any atom is 0.265 e. The highest BCUT2D eigenvalue weighted by Crippen LogP contribution is 2.37. The highest BCUT2D eigenvalue weighted by atomic mass is 16.5. The van der Waals surface area contributed by atoms with Gasteiger partial charge >= 0.3 is 0 Å². The summed E-state index contributed by atoms with van der Waals surface area (Å²) in [5, 5.41) is 0. The summed E-state index contributed by atoms with van der Waals surface area (Å²) in [7, 11) is 0. The molecule has 0 unspecified atom stereocenters. The molecule has 2 aliphatic heterocycles. The lowest BCUT2D eigenvalue weighted by atomic mass is 9.86. The highest BCUT2D eigenvalue weighted by Gasteiger charge is 2.28. The van der Waals surface area contributed by atoms with Gasteiger partial charge in [0.25, 0.3) is 11.8 Å². The summed E-state index contributed by atoms with van der Waals surface area (Å²) in [4.78, 5) is 29.8. The zero-order valence-electron chi connectivity index (χ0n) is 20.0. The molecule has 0 spiro atoms. The number of hydrogen-bond acceptors (Lipinski definition) is 3. The van der Waals surface area contributed by atoms with Crippen molar-refractivity contribution in [2.45, 2.75) is 45.7 Å². The molecule has 0 saturated carbocycles. The second-order valence-corrected chi connectivity index (χ2v) is 10.1. The normalized spacial score (nSPS) is 15.4. The fourth-order valence-corrected chi connectivity index (χ4v) is 4.68. The van der Waals surface area contributed by atoms with E-state index in [9.17, 15) is 9.59 Å². The van der Waals surface area contributed by atoms with Crippen molar-refractivity contribution in [1.29, 1.82) is 0 Å². The Morgan fingerprint density at radius 2 is 1.76 bits per heavy atom. The van der Waals surface area contributed by atoms with Crippen LogP contribution in [0, 0.1) is 0 Å². The van der Waals surface area contributed by atoms with Gasteiger partial charge in [-0.15, -0.1) is 0 Å². The van der Waals surface area contributed by atoms with E-state index in [0.717, 1.165) is 23.2 Å². The van der Waals surface area contributed by atoms with Crippen molar-refractivity contribution in [2.75, 3.05) is 18.1 Å². The van der Waals surface area contributed by atoms with Gasteiger partial charge < -0.3 is 14.5 Å². The van der Waals surface area contributed by atoms with Gasteiger partial charge in [-0.2, -0.15) is 0 Å². The van der Waals surface area contributed by atoms with Gasteiger partial charge in [0.1, 0.15) is 5.75 Å². The molecular formula is C29H30N2O3. The number of ether oxygens (including phenoxy) is 1. The number of nitrogens with zero attached hydrogens (tertiary/aromatic N) is 2. The average molecular weight is 455 g/mol. The first-order valence-electron chi connectivity index (χ1n) is 11.8. The number of carbonyl (C=O) groups is 2. The summed E-state index contributed by atoms with van der Waals surface area (Å²) in [6.45, 7) is 8.21. The minimum Gasteiger partial charge on any atom is -0.482 e. The van der Waals surface area contributed by atoms with Crippen molar-refractivity contribution in [1.82, 2.24) is 4.90 Å². The van der Waals surface area contributed by atoms with Crippen LogP contribution in [0.15, 0.2) is 66.7 Å². The average Bonchev–Trinajstić information content (AvgIpc) is 2.84. The number of amides is 2. The third kappa shape index (κ3) is 4.30. The number of carbonyl (C=O) groups excluding carboxylic acids is 2. The van der Waals surface area contributed by atoms with Gasteiger partial charge in [-0.05, 0) is 58.4 Å². The molecule has 0 atom stereocenters. The van der Waals surface area contributed by atoms with Crippen LogP contribution in [-0.2, 0) is 29.7 Å². The lowest BCUT2D eigenvalue weighted by Gasteiger charge is -2.32. The number of rotatable bonds is 3. The van der Waals surface area contributed by atoms with Crippen molar-refractivity contribution >= 4 is 17.5 Å². The van der Waals surface area contributed by atoms with E-state index in [1.165, 1.54) is 11.1 Å². The van der Waals surface area contributed by atoms with E-state index in [1.807, 2.05) is 47.4 Å². The third-order valence-corrected chi connectivity index (χ3v) is 6.70. The highest BCUT2D eigenvalue weighted by molar-refractivity contribution is 5.98. The van der Waals surface area contributed by atoms with Crippen LogP contribution in [0.25, 0.3) is 0 Å². The Bertz CT molecular complexity index is 1260. The Hall–Kier alpha value is -3.60. The van der Waals surface area contributed by atoms with E-state index in [-0.39, 0.29) is 23.8 Å². The molecule has 3 aromatic carbocycles. The van der Waals surface area contributed by atoms with E-state index in [0.29, 0.717) is 30.9 Å². The second kappa shape index (κ2) is 8.64. The van der Waals surface area contributed by atoms with Crippen LogP contribution in [0.5, 0.6) is 5.75 Å². The predicted molar refractivity (Wildman–Crippen MR) is 133 cm³/mol. The van der Waals surface area contributed by atoms with Crippen molar-refractivity contribution in [3.05, 3.63) is 94.5 Å². The summed E-state index contributed by atoms with van der Waals surface area (Å²) in [6.07, 6.45) is 0.872. The Kier molecular flexibility index (Phi) is 5.64. The first-order valence-corrected chi connectivity index (χ1v) is 11.8. The van der Waals surface area contributed by atoms with Crippen LogP contribution < -0.4 is 9.64 Å². The predicted octanol–water partition coefficient (Wildman–Crippen LogP) is 5.11. The molecule has 34 heavy (non-hydrogen) atoms. The molecule has 0 saturated heterocycles. The Labute approximate surface area is 201 Å². The minimum absolute atomic E-state index is 0.0215. The van der Waals surface area contributed by atoms with Crippen molar-refractivity contribution in [3.63, 3.8) is 0 Å². The first kappa shape index (κ1) is 22.2. The topological polar surface area (TPSA) is 49.9 Å². The van der Waals surface area contributed by atoms with E-state index in [4.69, 9.17) is 4.74 Å². The van der Waals surface area contributed by atoms with Crippen LogP contribution >= 0.6 is 0 Å². The van der Waals surface area contributed by atoms with Crippen LogP contribution in [-0.4, -0.2) is 29.9 Å². The van der Waals surface area contributed by atoms with Crippen molar-refractivity contribution < 1.29 is 14.3 Å². The molecule has 2 aliphatic rings. The zero-order valence-corrected chi connectivity index (χ0v) is 20.0. The van der Waals surface area contributed by atoms with Gasteiger partial charge in [0.05, 0.1) is 12.2 Å². The molecule has 2 heterocycles.